The molecule has 0 aromatic rings. The zero-order valence-electron chi connectivity index (χ0n) is 40.0. The fourth-order valence-corrected chi connectivity index (χ4v) is 7.47. The summed E-state index contributed by atoms with van der Waals surface area (Å²) < 4.78 is 5.91. The van der Waals surface area contributed by atoms with E-state index >= 15 is 0 Å². The van der Waals surface area contributed by atoms with Gasteiger partial charge in [-0.3, -0.25) is 9.59 Å². The first-order chi connectivity index (χ1) is 30.0. The molecule has 3 unspecified atom stereocenters. The van der Waals surface area contributed by atoms with Gasteiger partial charge in [0.1, 0.15) is 6.10 Å². The second-order valence-corrected chi connectivity index (χ2v) is 17.3. The van der Waals surface area contributed by atoms with Gasteiger partial charge in [-0.25, -0.2) is 0 Å². The largest absolute Gasteiger partial charge is 0.462 e. The number of unbranched alkanes of at least 4 members (excludes halogenated alkanes) is 24. The number of aliphatic hydroxyl groups is 2. The zero-order valence-corrected chi connectivity index (χ0v) is 40.0. The third-order valence-corrected chi connectivity index (χ3v) is 11.4. The third kappa shape index (κ3) is 43.7. The van der Waals surface area contributed by atoms with E-state index in [1.807, 2.05) is 24.3 Å². The Bertz CT molecular complexity index is 1140. The topological polar surface area (TPSA) is 95.9 Å². The minimum absolute atomic E-state index is 0.0473. The van der Waals surface area contributed by atoms with Gasteiger partial charge in [-0.05, 0) is 77.0 Å². The summed E-state index contributed by atoms with van der Waals surface area (Å²) in [6.45, 7) is 6.29. The molecule has 0 spiro atoms. The van der Waals surface area contributed by atoms with Crippen LogP contribution in [-0.2, 0) is 14.3 Å². The number of carbonyl (C=O) groups excluding carboxylic acids is 2. The number of nitrogens with one attached hydrogen (secondary N) is 1. The number of aliphatic hydroxyl groups excluding tert-OH is 2. The van der Waals surface area contributed by atoms with Crippen molar-refractivity contribution in [3.63, 3.8) is 0 Å². The Morgan fingerprint density at radius 2 is 0.951 bits per heavy atom. The standard InChI is InChI=1S/C55H97NO5/c1-4-7-10-13-16-19-22-24-25-26-27-28-29-31-33-36-39-42-45-48-55(60)61-51(46-43-40-37-34-32-30-23-20-17-14-11-8-5-2)49-54(59)56-52(50-57)53(58)47-44-41-38-35-21-18-15-12-9-6-3/h8,11,14,16-17,19-20,23-25,30,32,51-53,57-58H,4-7,9-10,12-13,15,18,21-22,26-29,31,33-50H2,1-3H3,(H,56,59)/b11-8+,17-14+,19-16-,23-20+,25-24-,32-30-. The van der Waals surface area contributed by atoms with Crippen molar-refractivity contribution in [3.05, 3.63) is 72.9 Å². The number of ether oxygens (including phenoxy) is 1. The summed E-state index contributed by atoms with van der Waals surface area (Å²) in [6, 6.07) is -0.717. The molecule has 0 saturated heterocycles. The Balaban J connectivity index is 4.59. The van der Waals surface area contributed by atoms with Crippen LogP contribution in [0.3, 0.4) is 0 Å². The lowest BCUT2D eigenvalue weighted by Gasteiger charge is -2.24. The van der Waals surface area contributed by atoms with Gasteiger partial charge < -0.3 is 20.3 Å². The second kappa shape index (κ2) is 48.3. The van der Waals surface area contributed by atoms with Crippen molar-refractivity contribution in [2.45, 2.75) is 257 Å². The first-order valence-corrected chi connectivity index (χ1v) is 25.7. The van der Waals surface area contributed by atoms with Gasteiger partial charge in [0.05, 0.1) is 25.2 Å². The van der Waals surface area contributed by atoms with Crippen LogP contribution < -0.4 is 5.32 Å². The molecule has 6 heteroatoms. The third-order valence-electron chi connectivity index (χ3n) is 11.4. The lowest BCUT2D eigenvalue weighted by molar-refractivity contribution is -0.151. The van der Waals surface area contributed by atoms with Crippen molar-refractivity contribution in [1.82, 2.24) is 5.32 Å². The molecule has 0 fully saturated rings. The molecule has 6 nitrogen and oxygen atoms in total. The van der Waals surface area contributed by atoms with Crippen LogP contribution in [0.4, 0.5) is 0 Å². The fraction of sp³-hybridized carbons (Fsp3) is 0.745. The van der Waals surface area contributed by atoms with Crippen LogP contribution in [0.2, 0.25) is 0 Å². The van der Waals surface area contributed by atoms with E-state index in [1.54, 1.807) is 0 Å². The zero-order chi connectivity index (χ0) is 44.5. The summed E-state index contributed by atoms with van der Waals surface area (Å²) >= 11 is 0. The summed E-state index contributed by atoms with van der Waals surface area (Å²) in [6.07, 6.45) is 61.1. The molecule has 0 saturated carbocycles. The van der Waals surface area contributed by atoms with Gasteiger partial charge in [-0.15, -0.1) is 0 Å². The van der Waals surface area contributed by atoms with Gasteiger partial charge in [-0.1, -0.05) is 222 Å². The fourth-order valence-electron chi connectivity index (χ4n) is 7.47. The van der Waals surface area contributed by atoms with Crippen LogP contribution in [-0.4, -0.2) is 46.9 Å². The van der Waals surface area contributed by atoms with E-state index in [9.17, 15) is 19.8 Å². The normalized spacial score (nSPS) is 13.9. The van der Waals surface area contributed by atoms with Gasteiger partial charge in [-0.2, -0.15) is 0 Å². The Morgan fingerprint density at radius 3 is 1.52 bits per heavy atom. The molecule has 0 aliphatic rings. The van der Waals surface area contributed by atoms with Gasteiger partial charge in [0.15, 0.2) is 0 Å². The average molecular weight is 852 g/mol. The van der Waals surface area contributed by atoms with Crippen molar-refractivity contribution in [2.75, 3.05) is 6.61 Å². The maximum Gasteiger partial charge on any atom is 0.306 e. The van der Waals surface area contributed by atoms with Gasteiger partial charge in [0, 0.05) is 6.42 Å². The Kier molecular flexibility index (Phi) is 46.2. The van der Waals surface area contributed by atoms with Crippen LogP contribution in [0, 0.1) is 0 Å². The van der Waals surface area contributed by atoms with Crippen molar-refractivity contribution >= 4 is 11.9 Å². The maximum atomic E-state index is 13.2. The highest BCUT2D eigenvalue weighted by Crippen LogP contribution is 2.17. The molecular weight excluding hydrogens is 755 g/mol. The molecule has 0 heterocycles. The van der Waals surface area contributed by atoms with E-state index in [1.165, 1.54) is 116 Å². The lowest BCUT2D eigenvalue weighted by atomic mass is 10.0. The summed E-state index contributed by atoms with van der Waals surface area (Å²) in [5.74, 6) is -0.520. The summed E-state index contributed by atoms with van der Waals surface area (Å²) in [7, 11) is 0. The summed E-state index contributed by atoms with van der Waals surface area (Å²) in [5, 5.41) is 23.7. The molecule has 0 radical (unpaired) electrons. The van der Waals surface area contributed by atoms with Crippen molar-refractivity contribution < 1.29 is 24.5 Å². The molecule has 0 bridgehead atoms. The van der Waals surface area contributed by atoms with Crippen molar-refractivity contribution in [2.24, 2.45) is 0 Å². The molecule has 352 valence electrons. The van der Waals surface area contributed by atoms with E-state index in [4.69, 9.17) is 4.74 Å². The Morgan fingerprint density at radius 1 is 0.508 bits per heavy atom. The quantitative estimate of drug-likeness (QED) is 0.0245. The number of esters is 1. The van der Waals surface area contributed by atoms with E-state index in [0.29, 0.717) is 19.3 Å². The highest BCUT2D eigenvalue weighted by molar-refractivity contribution is 5.77. The van der Waals surface area contributed by atoms with E-state index < -0.39 is 18.2 Å². The van der Waals surface area contributed by atoms with Crippen LogP contribution in [0.5, 0.6) is 0 Å². The number of rotatable bonds is 45. The van der Waals surface area contributed by atoms with Gasteiger partial charge >= 0.3 is 5.97 Å². The minimum Gasteiger partial charge on any atom is -0.462 e. The van der Waals surface area contributed by atoms with Crippen LogP contribution >= 0.6 is 0 Å². The highest BCUT2D eigenvalue weighted by atomic mass is 16.5. The number of amides is 1. The lowest BCUT2D eigenvalue weighted by Crippen LogP contribution is -2.46. The Labute approximate surface area is 377 Å². The average Bonchev–Trinajstić information content (AvgIpc) is 3.25. The number of carbonyl (C=O) groups is 2. The maximum absolute atomic E-state index is 13.2. The molecule has 61 heavy (non-hydrogen) atoms. The molecule has 0 aliphatic carbocycles. The molecule has 1 amide bonds. The number of allylic oxidation sites excluding steroid dienone is 12. The summed E-state index contributed by atoms with van der Waals surface area (Å²) in [4.78, 5) is 26.1. The van der Waals surface area contributed by atoms with Gasteiger partial charge in [0.25, 0.3) is 0 Å². The molecule has 0 aliphatic heterocycles. The second-order valence-electron chi connectivity index (χ2n) is 17.3. The summed E-state index contributed by atoms with van der Waals surface area (Å²) in [5.41, 5.74) is 0. The number of hydrogen-bond acceptors (Lipinski definition) is 5. The van der Waals surface area contributed by atoms with Gasteiger partial charge in [0.2, 0.25) is 5.91 Å². The molecular formula is C55H97NO5. The molecule has 0 rings (SSSR count). The molecule has 0 aromatic heterocycles. The van der Waals surface area contributed by atoms with Crippen LogP contribution in [0.15, 0.2) is 72.9 Å². The SMILES string of the molecule is CC/C=C/C=C/C=C/C=C\CCCCCC(CC(=O)NC(CO)C(O)CCCCCCCCCCCC)OC(=O)CCCCCCCCCCC/C=C\C/C=C\CCCCC. The molecule has 3 atom stereocenters. The smallest absolute Gasteiger partial charge is 0.306 e. The minimum atomic E-state index is -0.800. The predicted octanol–water partition coefficient (Wildman–Crippen LogP) is 15.4. The molecule has 3 N–H and O–H groups in total. The monoisotopic (exact) mass is 852 g/mol. The predicted molar refractivity (Wildman–Crippen MR) is 264 cm³/mol. The van der Waals surface area contributed by atoms with Crippen LogP contribution in [0.1, 0.15) is 239 Å². The Hall–Kier alpha value is -2.70. The van der Waals surface area contributed by atoms with Crippen molar-refractivity contribution in [1.29, 1.82) is 0 Å². The number of hydrogen-bond donors (Lipinski definition) is 3. The first kappa shape index (κ1) is 58.3. The van der Waals surface area contributed by atoms with E-state index in [2.05, 4.69) is 74.7 Å². The van der Waals surface area contributed by atoms with Crippen LogP contribution in [0.25, 0.3) is 0 Å². The molecule has 0 aromatic carbocycles. The van der Waals surface area contributed by atoms with Crippen molar-refractivity contribution in [3.8, 4) is 0 Å². The highest BCUT2D eigenvalue weighted by Gasteiger charge is 2.24. The van der Waals surface area contributed by atoms with E-state index in [0.717, 1.165) is 77.0 Å². The van der Waals surface area contributed by atoms with E-state index in [-0.39, 0.29) is 24.9 Å². The first-order valence-electron chi connectivity index (χ1n) is 25.7.